The van der Waals surface area contributed by atoms with Crippen molar-refractivity contribution in [2.75, 3.05) is 13.2 Å². The van der Waals surface area contributed by atoms with Gasteiger partial charge >= 0.3 is 37.7 Å². The van der Waals surface area contributed by atoms with Crippen LogP contribution in [0.5, 0.6) is 0 Å². The SMILES string of the molecule is CCOCC.O.O.O.O.[Ca+2].[H-].[H-].[Ti]. The maximum absolute atomic E-state index is 4.83. The summed E-state index contributed by atoms with van der Waals surface area (Å²) >= 11 is 0. The molecule has 0 amide bonds. The van der Waals surface area contributed by atoms with E-state index in [0.29, 0.717) is 0 Å². The normalized spacial score (nSPS) is 3.82. The second kappa shape index (κ2) is 60.0. The largest absolute Gasteiger partial charge is 2.00 e. The number of hydrogen-bond acceptors (Lipinski definition) is 1. The van der Waals surface area contributed by atoms with Gasteiger partial charge < -0.3 is 29.5 Å². The van der Waals surface area contributed by atoms with Gasteiger partial charge in [0.1, 0.15) is 0 Å². The molecular weight excluding hydrogens is 216 g/mol. The van der Waals surface area contributed by atoms with E-state index in [1.165, 1.54) is 0 Å². The van der Waals surface area contributed by atoms with Gasteiger partial charge in [-0.1, -0.05) is 0 Å². The van der Waals surface area contributed by atoms with Crippen LogP contribution in [0.15, 0.2) is 0 Å². The van der Waals surface area contributed by atoms with Gasteiger partial charge in [0.05, 0.1) is 0 Å². The first-order valence-corrected chi connectivity index (χ1v) is 1.99. The van der Waals surface area contributed by atoms with Gasteiger partial charge in [0.15, 0.2) is 0 Å². The zero-order valence-corrected chi connectivity index (χ0v) is 10.8. The van der Waals surface area contributed by atoms with Gasteiger partial charge in [-0.05, 0) is 13.8 Å². The Morgan fingerprint density at radius 1 is 0.909 bits per heavy atom. The van der Waals surface area contributed by atoms with E-state index in [1.807, 2.05) is 13.8 Å². The number of ether oxygens (including phenoxy) is 1. The second-order valence-corrected chi connectivity index (χ2v) is 0.781. The van der Waals surface area contributed by atoms with Gasteiger partial charge in [-0.15, -0.1) is 0 Å². The van der Waals surface area contributed by atoms with Gasteiger partial charge in [-0.25, -0.2) is 0 Å². The van der Waals surface area contributed by atoms with Crippen LogP contribution < -0.4 is 0 Å². The van der Waals surface area contributed by atoms with E-state index in [2.05, 4.69) is 0 Å². The van der Waals surface area contributed by atoms with Gasteiger partial charge in [-0.3, -0.25) is 0 Å². The third kappa shape index (κ3) is 79.0. The van der Waals surface area contributed by atoms with Crippen LogP contribution in [0.2, 0.25) is 0 Å². The van der Waals surface area contributed by atoms with Crippen LogP contribution in [0, 0.1) is 0 Å². The van der Waals surface area contributed by atoms with Crippen molar-refractivity contribution in [1.82, 2.24) is 0 Å². The molecule has 0 fully saturated rings. The van der Waals surface area contributed by atoms with Gasteiger partial charge in [0.25, 0.3) is 0 Å². The molecule has 0 rings (SSSR count). The Morgan fingerprint density at radius 3 is 1.09 bits per heavy atom. The van der Waals surface area contributed by atoms with Crippen LogP contribution in [0.1, 0.15) is 16.7 Å². The van der Waals surface area contributed by atoms with E-state index in [-0.39, 0.29) is 84.2 Å². The van der Waals surface area contributed by atoms with Crippen LogP contribution in [0.4, 0.5) is 0 Å². The minimum Gasteiger partial charge on any atom is -1.00 e. The second-order valence-electron chi connectivity index (χ2n) is 0.781. The number of hydrogen-bond donors (Lipinski definition) is 0. The van der Waals surface area contributed by atoms with Crippen LogP contribution in [0.25, 0.3) is 0 Å². The Labute approximate surface area is 115 Å². The molecule has 0 radical (unpaired) electrons. The third-order valence-corrected chi connectivity index (χ3v) is 0.408. The predicted molar refractivity (Wildman–Crippen MR) is 44.6 cm³/mol. The average Bonchev–Trinajstić information content (AvgIpc) is 1.41. The molecule has 7 heteroatoms. The summed E-state index contributed by atoms with van der Waals surface area (Å²) in [6.07, 6.45) is 0. The van der Waals surface area contributed by atoms with Crippen molar-refractivity contribution in [3.63, 3.8) is 0 Å². The molecule has 0 aliphatic rings. The molecule has 0 bridgehead atoms. The summed E-state index contributed by atoms with van der Waals surface area (Å²) in [7, 11) is 0. The summed E-state index contributed by atoms with van der Waals surface area (Å²) in [5.41, 5.74) is 0. The van der Waals surface area contributed by atoms with Crippen LogP contribution in [0.3, 0.4) is 0 Å². The van der Waals surface area contributed by atoms with E-state index >= 15 is 0 Å². The molecule has 0 atom stereocenters. The minimum atomic E-state index is 0. The topological polar surface area (TPSA) is 135 Å². The molecule has 0 aliphatic heterocycles. The fourth-order valence-corrected chi connectivity index (χ4v) is 0.204. The molecule has 11 heavy (non-hydrogen) atoms. The summed E-state index contributed by atoms with van der Waals surface area (Å²) in [4.78, 5) is 0. The van der Waals surface area contributed by atoms with Gasteiger partial charge in [0.2, 0.25) is 0 Å². The standard InChI is InChI=1S/C4H10O.Ca.4H2O.Ti.2H/c1-3-5-4-2;;;;;;;;/h3-4H2,1-2H3;;4*1H2;;;/q;+2;;;;;;2*-1. The summed E-state index contributed by atoms with van der Waals surface area (Å²) in [5.74, 6) is 0. The molecule has 0 unspecified atom stereocenters. The average molecular weight is 236 g/mol. The first kappa shape index (κ1) is 53.1. The maximum Gasteiger partial charge on any atom is 2.00 e. The van der Waals surface area contributed by atoms with E-state index in [1.54, 1.807) is 0 Å². The molecule has 0 saturated carbocycles. The van der Waals surface area contributed by atoms with Gasteiger partial charge in [-0.2, -0.15) is 0 Å². The Morgan fingerprint density at radius 2 is 1.09 bits per heavy atom. The van der Waals surface area contributed by atoms with Crippen molar-refractivity contribution < 1.29 is 51.2 Å². The van der Waals surface area contributed by atoms with Gasteiger partial charge in [0, 0.05) is 34.9 Å². The molecule has 0 aromatic carbocycles. The van der Waals surface area contributed by atoms with Crippen molar-refractivity contribution in [1.29, 1.82) is 0 Å². The first-order chi connectivity index (χ1) is 2.41. The van der Waals surface area contributed by atoms with Crippen LogP contribution in [-0.2, 0) is 26.5 Å². The summed E-state index contributed by atoms with van der Waals surface area (Å²) in [6.45, 7) is 5.67. The molecule has 0 aromatic rings. The Kier molecular flexibility index (Phi) is 290. The summed E-state index contributed by atoms with van der Waals surface area (Å²) in [6, 6.07) is 0. The molecule has 5 nitrogen and oxygen atoms in total. The van der Waals surface area contributed by atoms with Crippen molar-refractivity contribution in [2.45, 2.75) is 13.8 Å². The Hall–Kier alpha value is 1.77. The summed E-state index contributed by atoms with van der Waals surface area (Å²) in [5, 5.41) is 0. The molecule has 0 heterocycles. The van der Waals surface area contributed by atoms with E-state index in [9.17, 15) is 0 Å². The Balaban J connectivity index is -0.00000000286. The van der Waals surface area contributed by atoms with Crippen LogP contribution >= 0.6 is 0 Å². The zero-order valence-electron chi connectivity index (χ0n) is 9.03. The molecule has 72 valence electrons. The van der Waals surface area contributed by atoms with Crippen molar-refractivity contribution in [3.05, 3.63) is 0 Å². The quantitative estimate of drug-likeness (QED) is 0.484. The van der Waals surface area contributed by atoms with Crippen molar-refractivity contribution >= 4 is 37.7 Å². The fourth-order valence-electron chi connectivity index (χ4n) is 0.204. The van der Waals surface area contributed by atoms with E-state index in [4.69, 9.17) is 4.74 Å². The fraction of sp³-hybridized carbons (Fsp3) is 1.00. The molecule has 0 spiro atoms. The predicted octanol–water partition coefficient (Wildman–Crippen LogP) is -2.41. The zero-order chi connectivity index (χ0) is 4.12. The molecule has 0 aliphatic carbocycles. The maximum atomic E-state index is 4.83. The third-order valence-electron chi connectivity index (χ3n) is 0.408. The Bertz CT molecular complexity index is 34.0. The van der Waals surface area contributed by atoms with Crippen molar-refractivity contribution in [3.8, 4) is 0 Å². The summed E-state index contributed by atoms with van der Waals surface area (Å²) < 4.78 is 4.83. The smallest absolute Gasteiger partial charge is 1.00 e. The first-order valence-electron chi connectivity index (χ1n) is 1.99. The van der Waals surface area contributed by atoms with Crippen LogP contribution in [-0.4, -0.2) is 72.9 Å². The van der Waals surface area contributed by atoms with E-state index in [0.717, 1.165) is 13.2 Å². The minimum absolute atomic E-state index is 0. The molecule has 0 aromatic heterocycles. The molecule has 8 N–H and O–H groups in total. The van der Waals surface area contributed by atoms with Crippen molar-refractivity contribution in [2.24, 2.45) is 0 Å². The molecule has 0 saturated heterocycles. The number of rotatable bonds is 2. The monoisotopic (exact) mass is 236 g/mol. The van der Waals surface area contributed by atoms with E-state index < -0.39 is 0 Å². The molecular formula is C4H20CaO5Ti.